The second kappa shape index (κ2) is 18.4. The Balaban J connectivity index is 0.806. The van der Waals surface area contributed by atoms with Crippen molar-refractivity contribution in [1.82, 2.24) is 30.3 Å². The molecule has 7 amide bonds. The van der Waals surface area contributed by atoms with Crippen LogP contribution in [0.15, 0.2) is 73.1 Å². The molecule has 1 atom stereocenters. The van der Waals surface area contributed by atoms with Gasteiger partial charge in [-0.1, -0.05) is 37.1 Å². The Labute approximate surface area is 337 Å². The van der Waals surface area contributed by atoms with E-state index >= 15 is 0 Å². The molecule has 0 bridgehead atoms. The summed E-state index contributed by atoms with van der Waals surface area (Å²) in [5, 5.41) is 5.12. The van der Waals surface area contributed by atoms with Gasteiger partial charge in [-0.15, -0.1) is 0 Å². The van der Waals surface area contributed by atoms with Crippen LogP contribution in [0.2, 0.25) is 0 Å². The largest absolute Gasteiger partial charge is 0.483 e. The number of imide groups is 2. The van der Waals surface area contributed by atoms with Crippen LogP contribution < -0.4 is 15.4 Å². The lowest BCUT2D eigenvalue weighted by molar-refractivity contribution is -0.136. The molecule has 0 aliphatic carbocycles. The number of fused-ring (bicyclic) bond motifs is 1. The molecule has 2 aromatic carbocycles. The van der Waals surface area contributed by atoms with Gasteiger partial charge in [0.2, 0.25) is 17.7 Å². The Morgan fingerprint density at radius 1 is 0.845 bits per heavy atom. The highest BCUT2D eigenvalue weighted by atomic mass is 16.5. The van der Waals surface area contributed by atoms with Crippen molar-refractivity contribution in [2.45, 2.75) is 69.7 Å². The van der Waals surface area contributed by atoms with Crippen molar-refractivity contribution in [2.75, 3.05) is 39.3 Å². The third kappa shape index (κ3) is 9.33. The minimum Gasteiger partial charge on any atom is -0.483 e. The van der Waals surface area contributed by atoms with Gasteiger partial charge in [0, 0.05) is 63.2 Å². The van der Waals surface area contributed by atoms with Crippen molar-refractivity contribution in [2.24, 2.45) is 5.92 Å². The molecule has 14 nitrogen and oxygen atoms in total. The molecule has 3 fully saturated rings. The number of likely N-dealkylation sites (tertiary alicyclic amines) is 2. The molecule has 4 aliphatic heterocycles. The molecular weight excluding hydrogens is 741 g/mol. The number of aromatic nitrogens is 1. The Bertz CT molecular complexity index is 2070. The van der Waals surface area contributed by atoms with Crippen LogP contribution >= 0.6 is 0 Å². The molecule has 1 unspecified atom stereocenters. The van der Waals surface area contributed by atoms with Crippen LogP contribution in [0.4, 0.5) is 0 Å². The van der Waals surface area contributed by atoms with Gasteiger partial charge in [0.15, 0.2) is 6.61 Å². The number of hydrogen-bond acceptors (Lipinski definition) is 9. The number of amides is 7. The zero-order valence-corrected chi connectivity index (χ0v) is 32.4. The zero-order chi connectivity index (χ0) is 40.6. The summed E-state index contributed by atoms with van der Waals surface area (Å²) in [4.78, 5) is 97.7. The molecule has 4 aliphatic rings. The molecule has 0 radical (unpaired) electrons. The van der Waals surface area contributed by atoms with E-state index in [2.05, 4.69) is 15.6 Å². The molecule has 1 aromatic heterocycles. The van der Waals surface area contributed by atoms with Gasteiger partial charge in [0.25, 0.3) is 23.6 Å². The van der Waals surface area contributed by atoms with Crippen molar-refractivity contribution in [3.63, 3.8) is 0 Å². The van der Waals surface area contributed by atoms with Crippen molar-refractivity contribution >= 4 is 47.4 Å². The molecule has 2 N–H and O–H groups in total. The lowest BCUT2D eigenvalue weighted by Crippen LogP contribution is -2.54. The maximum absolute atomic E-state index is 13.4. The molecule has 5 heterocycles. The molecular formula is C44H48N6O8. The summed E-state index contributed by atoms with van der Waals surface area (Å²) in [6, 6.07) is 15.0. The van der Waals surface area contributed by atoms with E-state index in [1.165, 1.54) is 18.2 Å². The standard InChI is InChI=1S/C44H48N6O8/c51-37(15-9-30-6-4-21-45-27-30)46-22-2-1-5-29-17-23-49(24-18-29)42(55)33-12-10-31(11-13-33)32-19-25-48(26-20-32)39(53)28-58-36-8-3-7-34-40(36)44(57)50(43(34)56)35-14-16-38(52)47-41(35)54/h3-4,6-13,15,21,27,29,32,35H,1-2,5,14,16-20,22-26,28H2,(H,46,51)(H,47,52,54)/b15-9+. The third-order valence-electron chi connectivity index (χ3n) is 11.6. The van der Waals surface area contributed by atoms with E-state index in [1.54, 1.807) is 29.4 Å². The van der Waals surface area contributed by atoms with Gasteiger partial charge in [0.1, 0.15) is 11.8 Å². The number of rotatable bonds is 13. The number of hydrogen-bond donors (Lipinski definition) is 2. The van der Waals surface area contributed by atoms with Crippen LogP contribution in [-0.4, -0.2) is 106 Å². The van der Waals surface area contributed by atoms with Gasteiger partial charge < -0.3 is 19.9 Å². The first-order valence-electron chi connectivity index (χ1n) is 20.2. The molecule has 14 heteroatoms. The number of carbonyl (C=O) groups is 7. The third-order valence-corrected chi connectivity index (χ3v) is 11.6. The summed E-state index contributed by atoms with van der Waals surface area (Å²) >= 11 is 0. The molecule has 3 saturated heterocycles. The van der Waals surface area contributed by atoms with Crippen molar-refractivity contribution in [1.29, 1.82) is 0 Å². The quantitative estimate of drug-likeness (QED) is 0.147. The molecule has 302 valence electrons. The maximum Gasteiger partial charge on any atom is 0.266 e. The van der Waals surface area contributed by atoms with Crippen LogP contribution in [0.3, 0.4) is 0 Å². The lowest BCUT2D eigenvalue weighted by Gasteiger charge is -2.33. The number of pyridine rings is 1. The predicted octanol–water partition coefficient (Wildman–Crippen LogP) is 4.12. The number of carbonyl (C=O) groups excluding carboxylic acids is 7. The number of ether oxygens (including phenoxy) is 1. The first-order valence-corrected chi connectivity index (χ1v) is 20.2. The number of piperidine rings is 3. The van der Waals surface area contributed by atoms with Gasteiger partial charge in [-0.25, -0.2) is 0 Å². The summed E-state index contributed by atoms with van der Waals surface area (Å²) in [5.74, 6) is -1.88. The number of nitrogens with zero attached hydrogens (tertiary/aromatic N) is 4. The van der Waals surface area contributed by atoms with Gasteiger partial charge in [-0.2, -0.15) is 0 Å². The Morgan fingerprint density at radius 3 is 2.33 bits per heavy atom. The highest BCUT2D eigenvalue weighted by Gasteiger charge is 2.46. The predicted molar refractivity (Wildman–Crippen MR) is 212 cm³/mol. The fourth-order valence-electron chi connectivity index (χ4n) is 8.28. The summed E-state index contributed by atoms with van der Waals surface area (Å²) in [5.41, 5.74) is 2.78. The van der Waals surface area contributed by atoms with Gasteiger partial charge in [0.05, 0.1) is 11.1 Å². The summed E-state index contributed by atoms with van der Waals surface area (Å²) < 4.78 is 5.82. The van der Waals surface area contributed by atoms with E-state index in [0.29, 0.717) is 31.1 Å². The SMILES string of the molecule is O=C(/C=C/c1cccnc1)NCCCCC1CCN(C(=O)c2ccc(C3CCN(C(=O)COc4cccc5c4C(=O)N(C4CCC(=O)NC4=O)C5=O)CC3)cc2)CC1. The second-order valence-corrected chi connectivity index (χ2v) is 15.3. The van der Waals surface area contributed by atoms with Crippen molar-refractivity contribution < 1.29 is 38.3 Å². The minimum absolute atomic E-state index is 0.00715. The normalized spacial score (nSPS) is 19.0. The topological polar surface area (TPSA) is 175 Å². The van der Waals surface area contributed by atoms with Gasteiger partial charge in [-0.3, -0.25) is 48.8 Å². The average molecular weight is 789 g/mol. The van der Waals surface area contributed by atoms with E-state index in [0.717, 1.165) is 74.1 Å². The van der Waals surface area contributed by atoms with Crippen LogP contribution in [0.5, 0.6) is 5.75 Å². The fraction of sp³-hybridized carbons (Fsp3) is 0.409. The van der Waals surface area contributed by atoms with Crippen molar-refractivity contribution in [3.8, 4) is 5.75 Å². The van der Waals surface area contributed by atoms with E-state index in [1.807, 2.05) is 41.3 Å². The lowest BCUT2D eigenvalue weighted by atomic mass is 9.88. The van der Waals surface area contributed by atoms with Gasteiger partial charge in [-0.05, 0) is 97.9 Å². The molecule has 0 spiro atoms. The van der Waals surface area contributed by atoms with Crippen LogP contribution in [0.1, 0.15) is 106 Å². The summed E-state index contributed by atoms with van der Waals surface area (Å²) in [6.07, 6.45) is 13.2. The zero-order valence-electron chi connectivity index (χ0n) is 32.4. The first kappa shape index (κ1) is 40.0. The van der Waals surface area contributed by atoms with Gasteiger partial charge >= 0.3 is 0 Å². The highest BCUT2D eigenvalue weighted by Crippen LogP contribution is 2.34. The summed E-state index contributed by atoms with van der Waals surface area (Å²) in [6.45, 7) is 2.83. The maximum atomic E-state index is 13.4. The highest BCUT2D eigenvalue weighted by molar-refractivity contribution is 6.24. The molecule has 0 saturated carbocycles. The molecule has 58 heavy (non-hydrogen) atoms. The van der Waals surface area contributed by atoms with E-state index in [9.17, 15) is 33.6 Å². The Kier molecular flexibility index (Phi) is 12.7. The van der Waals surface area contributed by atoms with Crippen molar-refractivity contribution in [3.05, 3.63) is 101 Å². The van der Waals surface area contributed by atoms with E-state index in [-0.39, 0.29) is 60.0 Å². The van der Waals surface area contributed by atoms with Crippen LogP contribution in [0, 0.1) is 5.92 Å². The van der Waals surface area contributed by atoms with Crippen LogP contribution in [0.25, 0.3) is 6.08 Å². The molecule has 7 rings (SSSR count). The smallest absolute Gasteiger partial charge is 0.266 e. The van der Waals surface area contributed by atoms with E-state index in [4.69, 9.17) is 4.74 Å². The Morgan fingerprint density at radius 2 is 1.60 bits per heavy atom. The number of benzene rings is 2. The minimum atomic E-state index is -1.09. The monoisotopic (exact) mass is 788 g/mol. The second-order valence-electron chi connectivity index (χ2n) is 15.3. The first-order chi connectivity index (χ1) is 28.2. The summed E-state index contributed by atoms with van der Waals surface area (Å²) in [7, 11) is 0. The number of nitrogens with one attached hydrogen (secondary N) is 2. The number of unbranched alkanes of at least 4 members (excludes halogenated alkanes) is 1. The fourth-order valence-corrected chi connectivity index (χ4v) is 8.28. The Hall–Kier alpha value is -6.18. The van der Waals surface area contributed by atoms with Crippen LogP contribution in [-0.2, 0) is 19.2 Å². The molecule has 3 aromatic rings. The average Bonchev–Trinajstić information content (AvgIpc) is 3.51. The van der Waals surface area contributed by atoms with E-state index < -0.39 is 29.7 Å².